The zero-order chi connectivity index (χ0) is 10.6. The van der Waals surface area contributed by atoms with Gasteiger partial charge in [0.2, 0.25) is 0 Å². The Morgan fingerprint density at radius 2 is 1.43 bits per heavy atom. The van der Waals surface area contributed by atoms with Gasteiger partial charge in [-0.05, 0) is 6.32 Å². The average Bonchev–Trinajstić information content (AvgIpc) is 2.15. The Labute approximate surface area is 88.8 Å². The van der Waals surface area contributed by atoms with Gasteiger partial charge in [0.25, 0.3) is 0 Å². The number of hydrogen-bond acceptors (Lipinski definition) is 0. The molecule has 0 aromatic heterocycles. The van der Waals surface area contributed by atoms with Crippen molar-refractivity contribution in [3.05, 3.63) is 35.9 Å². The fourth-order valence-electron chi connectivity index (χ4n) is 2.13. The monoisotopic (exact) mass is 188 g/mol. The largest absolute Gasteiger partial charge is 0.149 e. The highest BCUT2D eigenvalue weighted by Gasteiger charge is 2.21. The summed E-state index contributed by atoms with van der Waals surface area (Å²) in [5.74, 6) is 1.55. The molecule has 0 amide bonds. The topological polar surface area (TPSA) is 0 Å². The molecule has 0 unspecified atom stereocenters. The first kappa shape index (κ1) is 11.4. The maximum atomic E-state index is 2.33. The molecule has 1 aromatic rings. The minimum atomic E-state index is 0.773. The van der Waals surface area contributed by atoms with Gasteiger partial charge in [0.1, 0.15) is 6.71 Å². The maximum Gasteiger partial charge on any atom is 0.149 e. The summed E-state index contributed by atoms with van der Waals surface area (Å²) in [5.41, 5.74) is 1.47. The van der Waals surface area contributed by atoms with Crippen LogP contribution >= 0.6 is 0 Å². The molecule has 0 saturated heterocycles. The molecule has 0 radical (unpaired) electrons. The van der Waals surface area contributed by atoms with Gasteiger partial charge in [-0.15, -0.1) is 0 Å². The van der Waals surface area contributed by atoms with Crippen molar-refractivity contribution in [3.8, 4) is 0 Å². The van der Waals surface area contributed by atoms with Crippen molar-refractivity contribution in [2.45, 2.75) is 45.6 Å². The normalized spacial score (nSPS) is 11.0. The summed E-state index contributed by atoms with van der Waals surface area (Å²) in [5, 5.41) is 0. The lowest BCUT2D eigenvalue weighted by molar-refractivity contribution is 0.919. The molecule has 1 heteroatoms. The van der Waals surface area contributed by atoms with Gasteiger partial charge >= 0.3 is 0 Å². The van der Waals surface area contributed by atoms with Gasteiger partial charge in [0.15, 0.2) is 0 Å². The third kappa shape index (κ3) is 3.21. The van der Waals surface area contributed by atoms with Crippen LogP contribution in [0.5, 0.6) is 0 Å². The van der Waals surface area contributed by atoms with Crippen LogP contribution < -0.4 is 0 Å². The third-order valence-electron chi connectivity index (χ3n) is 3.03. The van der Waals surface area contributed by atoms with E-state index in [2.05, 4.69) is 58.0 Å². The average molecular weight is 188 g/mol. The molecule has 0 heterocycles. The molecule has 0 saturated carbocycles. The van der Waals surface area contributed by atoms with Crippen LogP contribution in [0, 0.1) is 0 Å². The number of rotatable bonds is 4. The zero-order valence-corrected chi connectivity index (χ0v) is 9.83. The summed E-state index contributed by atoms with van der Waals surface area (Å²) in [6.45, 7) is 10.1. The second-order valence-electron chi connectivity index (χ2n) is 4.84. The second kappa shape index (κ2) is 5.24. The molecule has 0 nitrogen and oxygen atoms in total. The molecule has 0 spiro atoms. The molecule has 1 aromatic carbocycles. The van der Waals surface area contributed by atoms with Gasteiger partial charge in [-0.1, -0.05) is 75.2 Å². The second-order valence-corrected chi connectivity index (χ2v) is 4.84. The molecule has 0 N–H and O–H groups in total. The highest BCUT2D eigenvalue weighted by Crippen LogP contribution is 2.23. The molecule has 0 atom stereocenters. The molecule has 0 aliphatic heterocycles. The van der Waals surface area contributed by atoms with Crippen molar-refractivity contribution < 1.29 is 0 Å². The summed E-state index contributed by atoms with van der Waals surface area (Å²) in [6.07, 6.45) is 1.22. The van der Waals surface area contributed by atoms with Gasteiger partial charge in [0, 0.05) is 0 Å². The van der Waals surface area contributed by atoms with Crippen LogP contribution in [0.2, 0.25) is 11.6 Å². The summed E-state index contributed by atoms with van der Waals surface area (Å²) in [6, 6.07) is 10.8. The van der Waals surface area contributed by atoms with E-state index in [1.165, 1.54) is 11.9 Å². The first-order valence-corrected chi connectivity index (χ1v) is 5.65. The minimum absolute atomic E-state index is 0.773. The van der Waals surface area contributed by atoms with Crippen LogP contribution in [-0.2, 0) is 6.32 Å². The van der Waals surface area contributed by atoms with Crippen molar-refractivity contribution in [1.29, 1.82) is 0 Å². The Morgan fingerprint density at radius 3 is 1.86 bits per heavy atom. The van der Waals surface area contributed by atoms with Crippen molar-refractivity contribution in [2.75, 3.05) is 0 Å². The van der Waals surface area contributed by atoms with Crippen molar-refractivity contribution >= 4 is 6.71 Å². The highest BCUT2D eigenvalue weighted by molar-refractivity contribution is 6.61. The van der Waals surface area contributed by atoms with E-state index in [1.54, 1.807) is 0 Å². The predicted molar refractivity (Wildman–Crippen MR) is 66.1 cm³/mol. The van der Waals surface area contributed by atoms with Crippen molar-refractivity contribution in [2.24, 2.45) is 0 Å². The molecular formula is C13H21B. The molecule has 0 aliphatic carbocycles. The lowest BCUT2D eigenvalue weighted by Gasteiger charge is -2.21. The molecule has 0 fully saturated rings. The summed E-state index contributed by atoms with van der Waals surface area (Å²) >= 11 is 0. The Morgan fingerprint density at radius 1 is 0.929 bits per heavy atom. The van der Waals surface area contributed by atoms with Crippen LogP contribution in [0.4, 0.5) is 0 Å². The van der Waals surface area contributed by atoms with Crippen LogP contribution in [0.1, 0.15) is 33.3 Å². The van der Waals surface area contributed by atoms with E-state index in [0.717, 1.165) is 18.3 Å². The molecule has 0 bridgehead atoms. The van der Waals surface area contributed by atoms with E-state index >= 15 is 0 Å². The van der Waals surface area contributed by atoms with Gasteiger partial charge in [0.05, 0.1) is 0 Å². The fourth-order valence-corrected chi connectivity index (χ4v) is 2.13. The van der Waals surface area contributed by atoms with E-state index in [1.807, 2.05) is 0 Å². The van der Waals surface area contributed by atoms with Crippen molar-refractivity contribution in [3.63, 3.8) is 0 Å². The molecule has 0 aliphatic rings. The molecule has 76 valence electrons. The summed E-state index contributed by atoms with van der Waals surface area (Å²) < 4.78 is 0. The smallest absolute Gasteiger partial charge is 0.0693 e. The van der Waals surface area contributed by atoms with E-state index in [-0.39, 0.29) is 0 Å². The minimum Gasteiger partial charge on any atom is -0.0693 e. The molecule has 1 rings (SSSR count). The number of benzene rings is 1. The lowest BCUT2D eigenvalue weighted by Crippen LogP contribution is -2.24. The van der Waals surface area contributed by atoms with E-state index in [0.29, 0.717) is 0 Å². The van der Waals surface area contributed by atoms with Gasteiger partial charge < -0.3 is 0 Å². The maximum absolute atomic E-state index is 2.33. The number of hydrogen-bond donors (Lipinski definition) is 0. The third-order valence-corrected chi connectivity index (χ3v) is 3.03. The zero-order valence-electron chi connectivity index (χ0n) is 9.83. The van der Waals surface area contributed by atoms with E-state index < -0.39 is 0 Å². The van der Waals surface area contributed by atoms with Gasteiger partial charge in [-0.25, -0.2) is 0 Å². The predicted octanol–water partition coefficient (Wildman–Crippen LogP) is 4.08. The Kier molecular flexibility index (Phi) is 4.25. The Balaban J connectivity index is 2.65. The van der Waals surface area contributed by atoms with Crippen LogP contribution in [-0.4, -0.2) is 6.71 Å². The highest BCUT2D eigenvalue weighted by atomic mass is 14.0. The Bertz CT molecular complexity index is 243. The van der Waals surface area contributed by atoms with E-state index in [9.17, 15) is 0 Å². The first-order valence-electron chi connectivity index (χ1n) is 5.65. The lowest BCUT2D eigenvalue weighted by atomic mass is 9.33. The first-order chi connectivity index (χ1) is 6.61. The van der Waals surface area contributed by atoms with Crippen LogP contribution in [0.25, 0.3) is 0 Å². The van der Waals surface area contributed by atoms with Gasteiger partial charge in [-0.3, -0.25) is 0 Å². The van der Waals surface area contributed by atoms with Crippen molar-refractivity contribution in [1.82, 2.24) is 0 Å². The van der Waals surface area contributed by atoms with E-state index in [4.69, 9.17) is 0 Å². The fraction of sp³-hybridized carbons (Fsp3) is 0.538. The molecular weight excluding hydrogens is 167 g/mol. The van der Waals surface area contributed by atoms with Gasteiger partial charge in [-0.2, -0.15) is 0 Å². The quantitative estimate of drug-likeness (QED) is 0.624. The SMILES string of the molecule is CC(C)B(Cc1ccccc1)C(C)C. The van der Waals surface area contributed by atoms with Crippen LogP contribution in [0.3, 0.4) is 0 Å². The molecule has 14 heavy (non-hydrogen) atoms. The standard InChI is InChI=1S/C13H21B/c1-11(2)14(12(3)4)10-13-8-6-5-7-9-13/h5-9,11-12H,10H2,1-4H3. The summed E-state index contributed by atoms with van der Waals surface area (Å²) in [4.78, 5) is 0. The van der Waals surface area contributed by atoms with Crippen LogP contribution in [0.15, 0.2) is 30.3 Å². The summed E-state index contributed by atoms with van der Waals surface area (Å²) in [7, 11) is 0. The Hall–Kier alpha value is -0.715.